The predicted octanol–water partition coefficient (Wildman–Crippen LogP) is 2.17. The molecule has 1 unspecified atom stereocenters. The van der Waals surface area contributed by atoms with Crippen LogP contribution in [0, 0.1) is 0 Å². The van der Waals surface area contributed by atoms with Crippen LogP contribution >= 0.6 is 0 Å². The van der Waals surface area contributed by atoms with Crippen molar-refractivity contribution >= 4 is 6.03 Å². The number of aromatic nitrogens is 4. The zero-order valence-corrected chi connectivity index (χ0v) is 14.1. The minimum absolute atomic E-state index is 0.0167. The van der Waals surface area contributed by atoms with Gasteiger partial charge in [0.05, 0.1) is 6.20 Å². The second-order valence-corrected chi connectivity index (χ2v) is 6.19. The average molecular weight is 328 g/mol. The van der Waals surface area contributed by atoms with Crippen LogP contribution in [0.2, 0.25) is 0 Å². The molecule has 0 aromatic carbocycles. The number of hydrogen-bond acceptors (Lipinski definition) is 4. The van der Waals surface area contributed by atoms with E-state index in [9.17, 15) is 4.79 Å². The highest BCUT2D eigenvalue weighted by Crippen LogP contribution is 2.24. The van der Waals surface area contributed by atoms with Crippen molar-refractivity contribution in [3.63, 3.8) is 0 Å². The smallest absolute Gasteiger partial charge is 0.317 e. The number of nitrogens with one attached hydrogen (secondary N) is 1. The Bertz CT molecular complexity index is 656. The third-order valence-corrected chi connectivity index (χ3v) is 4.31. The summed E-state index contributed by atoms with van der Waals surface area (Å²) in [7, 11) is 0. The first-order valence-corrected chi connectivity index (χ1v) is 8.56. The number of hydrogen-bond donors (Lipinski definition) is 1. The molecule has 7 nitrogen and oxygen atoms in total. The summed E-state index contributed by atoms with van der Waals surface area (Å²) in [6.45, 7) is 5.03. The molecule has 2 aromatic rings. The molecule has 2 amide bonds. The zero-order valence-electron chi connectivity index (χ0n) is 14.1. The predicted molar refractivity (Wildman–Crippen MR) is 90.3 cm³/mol. The lowest BCUT2D eigenvalue weighted by Gasteiger charge is -2.32. The molecule has 0 bridgehead atoms. The van der Waals surface area contributed by atoms with Crippen molar-refractivity contribution in [1.82, 2.24) is 30.0 Å². The Morgan fingerprint density at radius 2 is 2.38 bits per heavy atom. The van der Waals surface area contributed by atoms with Crippen molar-refractivity contribution in [1.29, 1.82) is 0 Å². The average Bonchev–Trinajstić information content (AvgIpc) is 3.08. The summed E-state index contributed by atoms with van der Waals surface area (Å²) in [5.74, 6) is 0.291. The summed E-state index contributed by atoms with van der Waals surface area (Å²) >= 11 is 0. The molecule has 1 fully saturated rings. The zero-order chi connectivity index (χ0) is 16.8. The molecule has 1 atom stereocenters. The van der Waals surface area contributed by atoms with Crippen LogP contribution in [0.3, 0.4) is 0 Å². The van der Waals surface area contributed by atoms with Crippen LogP contribution in [0.1, 0.15) is 43.4 Å². The number of likely N-dealkylation sites (tertiary alicyclic amines) is 1. The van der Waals surface area contributed by atoms with Gasteiger partial charge in [-0.05, 0) is 25.3 Å². The lowest BCUT2D eigenvalue weighted by atomic mass is 9.95. The topological polar surface area (TPSA) is 75.9 Å². The molecule has 0 saturated carbocycles. The van der Waals surface area contributed by atoms with Gasteiger partial charge in [-0.3, -0.25) is 4.68 Å². The minimum atomic E-state index is -0.0167. The maximum atomic E-state index is 12.4. The van der Waals surface area contributed by atoms with Crippen LogP contribution < -0.4 is 5.32 Å². The SMILES string of the molecule is CCCn1cc(CNC(=O)N2CCCC(c3ccncn3)C2)cn1. The number of urea groups is 1. The number of amides is 2. The van der Waals surface area contributed by atoms with Gasteiger partial charge in [0.2, 0.25) is 0 Å². The van der Waals surface area contributed by atoms with Crippen LogP contribution in [0.15, 0.2) is 31.0 Å². The Labute approximate surface area is 142 Å². The second kappa shape index (κ2) is 7.90. The summed E-state index contributed by atoms with van der Waals surface area (Å²) in [5.41, 5.74) is 2.05. The van der Waals surface area contributed by atoms with Gasteiger partial charge in [0.1, 0.15) is 6.33 Å². The van der Waals surface area contributed by atoms with Gasteiger partial charge in [-0.2, -0.15) is 5.10 Å². The van der Waals surface area contributed by atoms with Crippen molar-refractivity contribution < 1.29 is 4.79 Å². The number of piperidine rings is 1. The van der Waals surface area contributed by atoms with E-state index >= 15 is 0 Å². The van der Waals surface area contributed by atoms with Gasteiger partial charge in [-0.1, -0.05) is 6.92 Å². The molecular formula is C17H24N6O. The van der Waals surface area contributed by atoms with Gasteiger partial charge in [-0.25, -0.2) is 14.8 Å². The van der Waals surface area contributed by atoms with E-state index in [1.54, 1.807) is 12.5 Å². The Hall–Kier alpha value is -2.44. The Balaban J connectivity index is 1.52. The maximum absolute atomic E-state index is 12.4. The molecule has 24 heavy (non-hydrogen) atoms. The molecule has 1 aliphatic heterocycles. The Kier molecular flexibility index (Phi) is 5.40. The first-order valence-electron chi connectivity index (χ1n) is 8.56. The van der Waals surface area contributed by atoms with Crippen molar-refractivity contribution in [3.8, 4) is 0 Å². The number of carbonyl (C=O) groups is 1. The summed E-state index contributed by atoms with van der Waals surface area (Å²) in [6.07, 6.45) is 10.2. The fourth-order valence-electron chi connectivity index (χ4n) is 3.08. The highest BCUT2D eigenvalue weighted by molar-refractivity contribution is 5.74. The van der Waals surface area contributed by atoms with E-state index in [1.165, 1.54) is 0 Å². The Morgan fingerprint density at radius 3 is 3.17 bits per heavy atom. The number of rotatable bonds is 5. The van der Waals surface area contributed by atoms with Crippen molar-refractivity contribution in [2.45, 2.75) is 45.2 Å². The summed E-state index contributed by atoms with van der Waals surface area (Å²) in [5, 5.41) is 7.28. The number of nitrogens with zero attached hydrogens (tertiary/aromatic N) is 5. The van der Waals surface area contributed by atoms with Gasteiger partial charge in [0.25, 0.3) is 0 Å². The lowest BCUT2D eigenvalue weighted by molar-refractivity contribution is 0.178. The van der Waals surface area contributed by atoms with Crippen LogP contribution in [0.4, 0.5) is 4.79 Å². The van der Waals surface area contributed by atoms with E-state index in [-0.39, 0.29) is 6.03 Å². The highest BCUT2D eigenvalue weighted by Gasteiger charge is 2.25. The van der Waals surface area contributed by atoms with Gasteiger partial charge in [0, 0.05) is 55.7 Å². The van der Waals surface area contributed by atoms with Crippen molar-refractivity contribution in [3.05, 3.63) is 42.2 Å². The molecule has 0 spiro atoms. The van der Waals surface area contributed by atoms with Crippen molar-refractivity contribution in [2.24, 2.45) is 0 Å². The summed E-state index contributed by atoms with van der Waals surface area (Å²) in [6, 6.07) is 1.92. The molecule has 1 N–H and O–H groups in total. The van der Waals surface area contributed by atoms with Gasteiger partial charge >= 0.3 is 6.03 Å². The van der Waals surface area contributed by atoms with Crippen LogP contribution in [0.5, 0.6) is 0 Å². The number of aryl methyl sites for hydroxylation is 1. The van der Waals surface area contributed by atoms with E-state index in [0.29, 0.717) is 19.0 Å². The van der Waals surface area contributed by atoms with E-state index in [4.69, 9.17) is 0 Å². The molecule has 0 aliphatic carbocycles. The monoisotopic (exact) mass is 328 g/mol. The van der Waals surface area contributed by atoms with Gasteiger partial charge in [-0.15, -0.1) is 0 Å². The lowest BCUT2D eigenvalue weighted by Crippen LogP contribution is -2.44. The van der Waals surface area contributed by atoms with Gasteiger partial charge < -0.3 is 10.2 Å². The molecule has 2 aromatic heterocycles. The molecule has 3 rings (SSSR count). The number of carbonyl (C=O) groups excluding carboxylic acids is 1. The first kappa shape index (κ1) is 16.4. The standard InChI is InChI=1S/C17H24N6O/c1-2-7-23-11-14(10-21-23)9-19-17(24)22-8-3-4-15(12-22)16-5-6-18-13-20-16/h5-6,10-11,13,15H,2-4,7-9,12H2,1H3,(H,19,24). The second-order valence-electron chi connectivity index (χ2n) is 6.19. The summed E-state index contributed by atoms with van der Waals surface area (Å²) < 4.78 is 1.91. The van der Waals surface area contributed by atoms with E-state index < -0.39 is 0 Å². The maximum Gasteiger partial charge on any atom is 0.317 e. The highest BCUT2D eigenvalue weighted by atomic mass is 16.2. The largest absolute Gasteiger partial charge is 0.334 e. The summed E-state index contributed by atoms with van der Waals surface area (Å²) in [4.78, 5) is 22.6. The quantitative estimate of drug-likeness (QED) is 0.912. The Morgan fingerprint density at radius 1 is 1.46 bits per heavy atom. The third kappa shape index (κ3) is 4.10. The van der Waals surface area contributed by atoms with Crippen molar-refractivity contribution in [2.75, 3.05) is 13.1 Å². The first-order chi connectivity index (χ1) is 11.8. The minimum Gasteiger partial charge on any atom is -0.334 e. The molecule has 7 heteroatoms. The molecule has 1 saturated heterocycles. The van der Waals surface area contributed by atoms with Crippen LogP contribution in [0.25, 0.3) is 0 Å². The van der Waals surface area contributed by atoms with Crippen LogP contribution in [-0.4, -0.2) is 43.8 Å². The molecular weight excluding hydrogens is 304 g/mol. The van der Waals surface area contributed by atoms with Crippen LogP contribution in [-0.2, 0) is 13.1 Å². The molecule has 0 radical (unpaired) electrons. The van der Waals surface area contributed by atoms with E-state index in [2.05, 4.69) is 27.3 Å². The third-order valence-electron chi connectivity index (χ3n) is 4.31. The molecule has 1 aliphatic rings. The fraction of sp³-hybridized carbons (Fsp3) is 0.529. The van der Waals surface area contributed by atoms with E-state index in [0.717, 1.165) is 43.6 Å². The normalized spacial score (nSPS) is 17.7. The fourth-order valence-corrected chi connectivity index (χ4v) is 3.08. The molecule has 3 heterocycles. The molecule has 128 valence electrons. The van der Waals surface area contributed by atoms with Gasteiger partial charge in [0.15, 0.2) is 0 Å². The van der Waals surface area contributed by atoms with E-state index in [1.807, 2.05) is 28.0 Å².